The summed E-state index contributed by atoms with van der Waals surface area (Å²) >= 11 is 0. The van der Waals surface area contributed by atoms with Crippen LogP contribution in [-0.2, 0) is 11.8 Å². The quantitative estimate of drug-likeness (QED) is 0.531. The number of hydrogen-bond acceptors (Lipinski definition) is 6. The molecule has 0 bridgehead atoms. The molecule has 1 amide bonds. The number of nitrogens with one attached hydrogen (secondary N) is 1. The Bertz CT molecular complexity index is 1210. The van der Waals surface area contributed by atoms with Gasteiger partial charge in [-0.15, -0.1) is 0 Å². The summed E-state index contributed by atoms with van der Waals surface area (Å²) in [6.45, 7) is 9.94. The van der Waals surface area contributed by atoms with Gasteiger partial charge in [0, 0.05) is 30.1 Å². The second-order valence-electron chi connectivity index (χ2n) is 9.57. The Balaban J connectivity index is 1.88. The number of rotatable bonds is 7. The van der Waals surface area contributed by atoms with Crippen molar-refractivity contribution in [1.29, 1.82) is 0 Å². The van der Waals surface area contributed by atoms with Crippen LogP contribution in [0.25, 0.3) is 21.7 Å². The number of benzene rings is 1. The molecular weight excluding hydrogens is 422 g/mol. The highest BCUT2D eigenvalue weighted by molar-refractivity contribution is 6.07. The topological polar surface area (TPSA) is 91.7 Å². The molecule has 33 heavy (non-hydrogen) atoms. The van der Waals surface area contributed by atoms with Gasteiger partial charge in [0.15, 0.2) is 0 Å². The van der Waals surface area contributed by atoms with Gasteiger partial charge in [0.1, 0.15) is 23.3 Å². The van der Waals surface area contributed by atoms with E-state index in [-0.39, 0.29) is 18.2 Å². The number of carbonyl (C=O) groups is 1. The lowest BCUT2D eigenvalue weighted by molar-refractivity contribution is 0.0480. The van der Waals surface area contributed by atoms with Gasteiger partial charge in [0.2, 0.25) is 5.88 Å². The Hall–Kier alpha value is -3.29. The normalized spacial score (nSPS) is 12.7. The highest BCUT2D eigenvalue weighted by atomic mass is 16.6. The van der Waals surface area contributed by atoms with E-state index in [1.807, 2.05) is 45.0 Å². The van der Waals surface area contributed by atoms with Crippen LogP contribution in [0.5, 0.6) is 11.6 Å². The third-order valence-corrected chi connectivity index (χ3v) is 5.18. The predicted molar refractivity (Wildman–Crippen MR) is 129 cm³/mol. The zero-order valence-corrected chi connectivity index (χ0v) is 20.4. The monoisotopic (exact) mass is 455 g/mol. The number of carbonyl (C=O) groups excluding carboxylic acids is 1. The number of pyridine rings is 2. The molecule has 3 aromatic rings. The molecule has 0 spiro atoms. The van der Waals surface area contributed by atoms with Crippen molar-refractivity contribution >= 4 is 27.8 Å². The molecule has 1 aromatic carbocycles. The van der Waals surface area contributed by atoms with Gasteiger partial charge in [-0.05, 0) is 51.3 Å². The number of methoxy groups -OCH3 is 1. The zero-order chi connectivity index (χ0) is 24.3. The van der Waals surface area contributed by atoms with E-state index >= 15 is 0 Å². The largest absolute Gasteiger partial charge is 0.491 e. The van der Waals surface area contributed by atoms with Crippen molar-refractivity contribution in [2.45, 2.75) is 52.7 Å². The number of nitrogens with zero attached hydrogens (tertiary/aromatic N) is 2. The first-order valence-corrected chi connectivity index (χ1v) is 11.1. The first kappa shape index (κ1) is 24.4. The van der Waals surface area contributed by atoms with Gasteiger partial charge in [-0.2, -0.15) is 0 Å². The summed E-state index contributed by atoms with van der Waals surface area (Å²) in [6, 6.07) is 7.21. The molecule has 0 fully saturated rings. The lowest BCUT2D eigenvalue weighted by Crippen LogP contribution is -2.42. The van der Waals surface area contributed by atoms with Crippen LogP contribution in [0.2, 0.25) is 0 Å². The number of aromatic nitrogens is 2. The maximum atomic E-state index is 13.0. The number of aryl methyl sites for hydroxylation is 1. The van der Waals surface area contributed by atoms with E-state index in [0.29, 0.717) is 22.9 Å². The fourth-order valence-electron chi connectivity index (χ4n) is 3.82. The van der Waals surface area contributed by atoms with Gasteiger partial charge in [-0.3, -0.25) is 4.79 Å². The smallest absolute Gasteiger partial charge is 0.407 e. The van der Waals surface area contributed by atoms with E-state index in [4.69, 9.17) is 14.2 Å². The molecule has 0 radical (unpaired) electrons. The van der Waals surface area contributed by atoms with Gasteiger partial charge in [-0.25, -0.2) is 9.78 Å². The van der Waals surface area contributed by atoms with Crippen molar-refractivity contribution in [2.75, 3.05) is 13.7 Å². The number of fused-ring (bicyclic) bond motifs is 3. The maximum absolute atomic E-state index is 13.0. The number of alkyl carbamates (subject to hydrolysis) is 1. The summed E-state index contributed by atoms with van der Waals surface area (Å²) in [4.78, 5) is 29.4. The van der Waals surface area contributed by atoms with Crippen LogP contribution < -0.4 is 20.3 Å². The second-order valence-corrected chi connectivity index (χ2v) is 9.57. The zero-order valence-electron chi connectivity index (χ0n) is 20.4. The summed E-state index contributed by atoms with van der Waals surface area (Å²) < 4.78 is 18.3. The van der Waals surface area contributed by atoms with Crippen LogP contribution in [-0.4, -0.2) is 41.0 Å². The van der Waals surface area contributed by atoms with Gasteiger partial charge in [-0.1, -0.05) is 13.8 Å². The molecular formula is C25H33N3O5. The third-order valence-electron chi connectivity index (χ3n) is 5.18. The summed E-state index contributed by atoms with van der Waals surface area (Å²) in [7, 11) is 3.22. The highest BCUT2D eigenvalue weighted by Crippen LogP contribution is 2.29. The lowest BCUT2D eigenvalue weighted by Gasteiger charge is -2.25. The fraction of sp³-hybridized carbons (Fsp3) is 0.480. The Morgan fingerprint density at radius 3 is 2.55 bits per heavy atom. The molecule has 1 N–H and O–H groups in total. The van der Waals surface area contributed by atoms with E-state index < -0.39 is 11.7 Å². The van der Waals surface area contributed by atoms with Crippen LogP contribution >= 0.6 is 0 Å². The third kappa shape index (κ3) is 5.74. The minimum Gasteiger partial charge on any atom is -0.491 e. The van der Waals surface area contributed by atoms with Crippen molar-refractivity contribution < 1.29 is 19.0 Å². The maximum Gasteiger partial charge on any atom is 0.407 e. The Labute approximate surface area is 193 Å². The lowest BCUT2D eigenvalue weighted by atomic mass is 10.0. The molecule has 2 heterocycles. The number of hydrogen-bond donors (Lipinski definition) is 1. The van der Waals surface area contributed by atoms with Crippen molar-refractivity contribution in [3.63, 3.8) is 0 Å². The highest BCUT2D eigenvalue weighted by Gasteiger charge is 2.21. The molecule has 2 aromatic heterocycles. The number of ether oxygens (including phenoxy) is 3. The Kier molecular flexibility index (Phi) is 7.15. The molecule has 8 nitrogen and oxygen atoms in total. The standard InChI is InChI=1S/C25H33N3O5/c1-15(2)12-16(27-24(30)33-25(3,4)5)14-32-17-8-9-18-19-10-11-26-22(31-7)21(19)23(29)28(6)20(18)13-17/h8-11,13,15-16H,12,14H2,1-7H3,(H,27,30). The van der Waals surface area contributed by atoms with Crippen molar-refractivity contribution in [3.8, 4) is 11.6 Å². The Morgan fingerprint density at radius 1 is 1.18 bits per heavy atom. The second kappa shape index (κ2) is 9.68. The molecule has 1 unspecified atom stereocenters. The molecule has 1 atom stereocenters. The van der Waals surface area contributed by atoms with Gasteiger partial charge in [0.25, 0.3) is 5.56 Å². The van der Waals surface area contributed by atoms with E-state index in [1.54, 1.807) is 17.8 Å². The summed E-state index contributed by atoms with van der Waals surface area (Å²) in [5, 5.41) is 5.02. The fourth-order valence-corrected chi connectivity index (χ4v) is 3.82. The summed E-state index contributed by atoms with van der Waals surface area (Å²) in [5.41, 5.74) is -0.0279. The molecule has 8 heteroatoms. The van der Waals surface area contributed by atoms with Gasteiger partial charge < -0.3 is 24.1 Å². The SMILES string of the molecule is COc1nccc2c1c(=O)n(C)c1cc(OCC(CC(C)C)NC(=O)OC(C)(C)C)ccc21. The van der Waals surface area contributed by atoms with Crippen LogP contribution in [0.15, 0.2) is 35.3 Å². The van der Waals surface area contributed by atoms with E-state index in [2.05, 4.69) is 24.1 Å². The van der Waals surface area contributed by atoms with Crippen molar-refractivity contribution in [2.24, 2.45) is 13.0 Å². The molecule has 0 saturated carbocycles. The Morgan fingerprint density at radius 2 is 1.91 bits per heavy atom. The average molecular weight is 456 g/mol. The minimum absolute atomic E-state index is 0.191. The van der Waals surface area contributed by atoms with Gasteiger partial charge >= 0.3 is 6.09 Å². The summed E-state index contributed by atoms with van der Waals surface area (Å²) in [5.74, 6) is 1.28. The van der Waals surface area contributed by atoms with E-state index in [1.165, 1.54) is 7.11 Å². The van der Waals surface area contributed by atoms with Crippen LogP contribution in [0.3, 0.4) is 0 Å². The molecule has 0 saturated heterocycles. The average Bonchev–Trinajstić information content (AvgIpc) is 2.73. The van der Waals surface area contributed by atoms with Crippen molar-refractivity contribution in [3.05, 3.63) is 40.8 Å². The number of amides is 1. The molecule has 0 aliphatic carbocycles. The first-order valence-electron chi connectivity index (χ1n) is 11.1. The van der Waals surface area contributed by atoms with E-state index in [9.17, 15) is 9.59 Å². The predicted octanol–water partition coefficient (Wildman–Crippen LogP) is 4.41. The first-order chi connectivity index (χ1) is 15.5. The molecule has 178 valence electrons. The van der Waals surface area contributed by atoms with E-state index in [0.717, 1.165) is 22.7 Å². The van der Waals surface area contributed by atoms with Crippen molar-refractivity contribution in [1.82, 2.24) is 14.9 Å². The van der Waals surface area contributed by atoms with Gasteiger partial charge in [0.05, 0.1) is 18.7 Å². The molecule has 3 rings (SSSR count). The van der Waals surface area contributed by atoms with Crippen LogP contribution in [0, 0.1) is 5.92 Å². The summed E-state index contributed by atoms with van der Waals surface area (Å²) in [6.07, 6.45) is 1.90. The molecule has 0 aliphatic heterocycles. The minimum atomic E-state index is -0.572. The van der Waals surface area contributed by atoms with Crippen LogP contribution in [0.4, 0.5) is 4.79 Å². The van der Waals surface area contributed by atoms with Crippen LogP contribution in [0.1, 0.15) is 41.0 Å². The molecule has 0 aliphatic rings.